The number of phenols is 1. The monoisotopic (exact) mass is 258 g/mol. The van der Waals surface area contributed by atoms with Crippen LogP contribution in [0.3, 0.4) is 0 Å². The molecule has 0 aromatic heterocycles. The van der Waals surface area contributed by atoms with Crippen molar-refractivity contribution in [1.82, 2.24) is 0 Å². The van der Waals surface area contributed by atoms with Crippen LogP contribution in [0.5, 0.6) is 5.75 Å². The molecule has 1 aliphatic rings. The summed E-state index contributed by atoms with van der Waals surface area (Å²) in [5.74, 6) is 0.348. The van der Waals surface area contributed by atoms with Gasteiger partial charge in [0.1, 0.15) is 5.75 Å². The van der Waals surface area contributed by atoms with Gasteiger partial charge in [0.15, 0.2) is 0 Å². The zero-order chi connectivity index (χ0) is 14.0. The van der Waals surface area contributed by atoms with Gasteiger partial charge in [-0.15, -0.1) is 6.58 Å². The Kier molecular flexibility index (Phi) is 3.65. The lowest BCUT2D eigenvalue weighted by molar-refractivity contribution is 0.469. The second kappa shape index (κ2) is 5.08. The summed E-state index contributed by atoms with van der Waals surface area (Å²) >= 11 is 0. The fraction of sp³-hybridized carbons (Fsp3) is 0.438. The Balaban J connectivity index is 2.54. The fourth-order valence-corrected chi connectivity index (χ4v) is 2.20. The number of hydrogen-bond acceptors (Lipinski definition) is 3. The van der Waals surface area contributed by atoms with Crippen molar-refractivity contribution >= 4 is 12.0 Å². The Hall–Kier alpha value is -1.77. The molecule has 0 fully saturated rings. The van der Waals surface area contributed by atoms with E-state index in [1.165, 1.54) is 5.56 Å². The van der Waals surface area contributed by atoms with E-state index in [1.54, 1.807) is 6.34 Å². The molecule has 2 rings (SSSR count). The summed E-state index contributed by atoms with van der Waals surface area (Å²) in [5, 5.41) is 10.4. The first-order chi connectivity index (χ1) is 8.93. The third kappa shape index (κ3) is 2.80. The van der Waals surface area contributed by atoms with E-state index in [0.29, 0.717) is 12.2 Å². The highest BCUT2D eigenvalue weighted by Gasteiger charge is 2.21. The smallest absolute Gasteiger partial charge is 0.142 e. The summed E-state index contributed by atoms with van der Waals surface area (Å²) < 4.78 is 0. The number of nitrogens with zero attached hydrogens (tertiary/aromatic N) is 2. The summed E-state index contributed by atoms with van der Waals surface area (Å²) in [6, 6.07) is 4.15. The average Bonchev–Trinajstić information content (AvgIpc) is 2.84. The molecule has 1 aromatic rings. The van der Waals surface area contributed by atoms with Crippen LogP contribution in [0, 0.1) is 0 Å². The number of anilines is 1. The molecule has 0 radical (unpaired) electrons. The third-order valence-electron chi connectivity index (χ3n) is 3.40. The topological polar surface area (TPSA) is 35.8 Å². The first-order valence-corrected chi connectivity index (χ1v) is 6.67. The maximum Gasteiger partial charge on any atom is 0.142 e. The molecule has 0 spiro atoms. The maximum atomic E-state index is 10.4. The summed E-state index contributed by atoms with van der Waals surface area (Å²) in [5.41, 5.74) is 3.05. The number of rotatable bonds is 3. The molecule has 0 saturated carbocycles. The van der Waals surface area contributed by atoms with E-state index in [2.05, 4.69) is 44.5 Å². The van der Waals surface area contributed by atoms with Gasteiger partial charge in [-0.3, -0.25) is 4.99 Å². The van der Waals surface area contributed by atoms with Crippen LogP contribution in [-0.2, 0) is 11.8 Å². The Labute approximate surface area is 115 Å². The average molecular weight is 258 g/mol. The van der Waals surface area contributed by atoms with E-state index in [4.69, 9.17) is 0 Å². The number of allylic oxidation sites excluding steroid dienone is 1. The van der Waals surface area contributed by atoms with Crippen LogP contribution in [0.25, 0.3) is 0 Å². The molecular weight excluding hydrogens is 236 g/mol. The molecule has 1 aromatic carbocycles. The van der Waals surface area contributed by atoms with Crippen LogP contribution in [-0.4, -0.2) is 24.5 Å². The number of phenolic OH excluding ortho intramolecular Hbond substituents is 1. The van der Waals surface area contributed by atoms with E-state index in [1.807, 2.05) is 11.0 Å². The minimum atomic E-state index is 0.0508. The van der Waals surface area contributed by atoms with Crippen LogP contribution in [0.15, 0.2) is 29.8 Å². The third-order valence-corrected chi connectivity index (χ3v) is 3.40. The lowest BCUT2D eigenvalue weighted by Gasteiger charge is -2.25. The number of benzene rings is 1. The van der Waals surface area contributed by atoms with Gasteiger partial charge >= 0.3 is 0 Å². The standard InChI is InChI=1S/C16H22N2O/c1-5-6-12-9-13(16(2,3)4)10-14(15(12)19)18-8-7-17-11-18/h5,9-11,19H,1,6-8H2,2-4H3. The molecule has 1 heterocycles. The summed E-state index contributed by atoms with van der Waals surface area (Å²) in [4.78, 5) is 6.23. The predicted octanol–water partition coefficient (Wildman–Crippen LogP) is 3.27. The van der Waals surface area contributed by atoms with Gasteiger partial charge in [-0.05, 0) is 23.5 Å². The molecule has 1 aliphatic heterocycles. The van der Waals surface area contributed by atoms with Gasteiger partial charge < -0.3 is 10.0 Å². The highest BCUT2D eigenvalue weighted by molar-refractivity contribution is 5.84. The Bertz CT molecular complexity index is 512. The van der Waals surface area contributed by atoms with Crippen LogP contribution in [0.1, 0.15) is 31.9 Å². The first-order valence-electron chi connectivity index (χ1n) is 6.67. The van der Waals surface area contributed by atoms with Crippen molar-refractivity contribution in [3.63, 3.8) is 0 Å². The van der Waals surface area contributed by atoms with Crippen LogP contribution in [0.2, 0.25) is 0 Å². The molecule has 0 amide bonds. The maximum absolute atomic E-state index is 10.4. The van der Waals surface area contributed by atoms with Gasteiger partial charge in [0.05, 0.1) is 18.6 Å². The van der Waals surface area contributed by atoms with Gasteiger partial charge in [0, 0.05) is 12.1 Å². The van der Waals surface area contributed by atoms with Crippen LogP contribution < -0.4 is 4.90 Å². The molecule has 0 saturated heterocycles. The van der Waals surface area contributed by atoms with Gasteiger partial charge in [0.25, 0.3) is 0 Å². The zero-order valence-electron chi connectivity index (χ0n) is 12.0. The molecule has 3 nitrogen and oxygen atoms in total. The Morgan fingerprint density at radius 2 is 2.16 bits per heavy atom. The fourth-order valence-electron chi connectivity index (χ4n) is 2.20. The molecule has 0 unspecified atom stereocenters. The molecule has 1 N–H and O–H groups in total. The molecule has 3 heteroatoms. The number of aliphatic imine (C=N–C) groups is 1. The van der Waals surface area contributed by atoms with Gasteiger partial charge in [-0.1, -0.05) is 32.9 Å². The largest absolute Gasteiger partial charge is 0.505 e. The Morgan fingerprint density at radius 1 is 1.42 bits per heavy atom. The number of aromatic hydroxyl groups is 1. The lowest BCUT2D eigenvalue weighted by atomic mass is 9.85. The van der Waals surface area contributed by atoms with Crippen LogP contribution >= 0.6 is 0 Å². The molecule has 0 atom stereocenters. The van der Waals surface area contributed by atoms with Crippen molar-refractivity contribution in [2.24, 2.45) is 4.99 Å². The molecule has 0 aliphatic carbocycles. The van der Waals surface area contributed by atoms with E-state index < -0.39 is 0 Å². The summed E-state index contributed by atoms with van der Waals surface area (Å²) in [6.45, 7) is 11.9. The quantitative estimate of drug-likeness (QED) is 0.845. The first kappa shape index (κ1) is 13.7. The minimum Gasteiger partial charge on any atom is -0.505 e. The van der Waals surface area contributed by atoms with Gasteiger partial charge in [-0.2, -0.15) is 0 Å². The van der Waals surface area contributed by atoms with E-state index in [-0.39, 0.29) is 5.41 Å². The van der Waals surface area contributed by atoms with Gasteiger partial charge in [0.2, 0.25) is 0 Å². The molecule has 102 valence electrons. The van der Waals surface area contributed by atoms with Crippen molar-refractivity contribution in [3.8, 4) is 5.75 Å². The van der Waals surface area contributed by atoms with Crippen LogP contribution in [0.4, 0.5) is 5.69 Å². The van der Waals surface area contributed by atoms with E-state index in [0.717, 1.165) is 24.3 Å². The Morgan fingerprint density at radius 3 is 2.68 bits per heavy atom. The lowest BCUT2D eigenvalue weighted by Crippen LogP contribution is -2.20. The zero-order valence-corrected chi connectivity index (χ0v) is 12.0. The minimum absolute atomic E-state index is 0.0508. The van der Waals surface area contributed by atoms with E-state index in [9.17, 15) is 5.11 Å². The van der Waals surface area contributed by atoms with Crippen molar-refractivity contribution in [1.29, 1.82) is 0 Å². The highest BCUT2D eigenvalue weighted by atomic mass is 16.3. The second-order valence-electron chi connectivity index (χ2n) is 5.96. The van der Waals surface area contributed by atoms with Crippen molar-refractivity contribution in [2.75, 3.05) is 18.0 Å². The molecule has 19 heavy (non-hydrogen) atoms. The molecule has 0 bridgehead atoms. The number of hydrogen-bond donors (Lipinski definition) is 1. The van der Waals surface area contributed by atoms with Crippen molar-refractivity contribution < 1.29 is 5.11 Å². The van der Waals surface area contributed by atoms with Gasteiger partial charge in [-0.25, -0.2) is 0 Å². The van der Waals surface area contributed by atoms with Crippen molar-refractivity contribution in [3.05, 3.63) is 35.9 Å². The second-order valence-corrected chi connectivity index (χ2v) is 5.96. The molecular formula is C16H22N2O. The normalized spacial score (nSPS) is 15.0. The van der Waals surface area contributed by atoms with Crippen molar-refractivity contribution in [2.45, 2.75) is 32.6 Å². The predicted molar refractivity (Wildman–Crippen MR) is 81.4 cm³/mol. The van der Waals surface area contributed by atoms with E-state index >= 15 is 0 Å². The summed E-state index contributed by atoms with van der Waals surface area (Å²) in [7, 11) is 0. The highest BCUT2D eigenvalue weighted by Crippen LogP contribution is 2.37. The summed E-state index contributed by atoms with van der Waals surface area (Å²) in [6.07, 6.45) is 4.30. The SMILES string of the molecule is C=CCc1cc(C(C)(C)C)cc(N2C=NCC2)c1O.